The number of aromatic amines is 1. The van der Waals surface area contributed by atoms with Crippen LogP contribution in [0.4, 0.5) is 0 Å². The molecule has 2 rings (SSSR count). The average molecular weight is 191 g/mol. The van der Waals surface area contributed by atoms with Gasteiger partial charge in [0, 0.05) is 12.0 Å². The predicted molar refractivity (Wildman–Crippen MR) is 53.7 cm³/mol. The molecule has 0 aliphatic heterocycles. The molecule has 0 aromatic carbocycles. The van der Waals surface area contributed by atoms with Crippen molar-refractivity contribution in [2.75, 3.05) is 6.54 Å². The van der Waals surface area contributed by atoms with Crippen LogP contribution in [0.3, 0.4) is 0 Å². The van der Waals surface area contributed by atoms with Crippen LogP contribution in [0.2, 0.25) is 0 Å². The first-order valence-corrected chi connectivity index (χ1v) is 4.66. The third-order valence-electron chi connectivity index (χ3n) is 2.08. The molecule has 4 nitrogen and oxygen atoms in total. The van der Waals surface area contributed by atoms with Gasteiger partial charge in [0.15, 0.2) is 0 Å². The number of H-pyrrole nitrogens is 1. The van der Waals surface area contributed by atoms with Gasteiger partial charge in [0.05, 0.1) is 24.4 Å². The topological polar surface area (TPSA) is 67.8 Å². The summed E-state index contributed by atoms with van der Waals surface area (Å²) in [5, 5.41) is 0. The van der Waals surface area contributed by atoms with E-state index < -0.39 is 0 Å². The molecule has 0 saturated heterocycles. The summed E-state index contributed by atoms with van der Waals surface area (Å²) in [4.78, 5) is 7.48. The molecule has 0 aliphatic carbocycles. The summed E-state index contributed by atoms with van der Waals surface area (Å²) in [6, 6.07) is 1.90. The van der Waals surface area contributed by atoms with Gasteiger partial charge >= 0.3 is 0 Å². The van der Waals surface area contributed by atoms with Crippen molar-refractivity contribution in [1.82, 2.24) is 9.97 Å². The van der Waals surface area contributed by atoms with Crippen molar-refractivity contribution in [2.45, 2.75) is 12.8 Å². The lowest BCUT2D eigenvalue weighted by Crippen LogP contribution is -2.01. The summed E-state index contributed by atoms with van der Waals surface area (Å²) in [5.74, 6) is 0.978. The fraction of sp³-hybridized carbons (Fsp3) is 0.300. The van der Waals surface area contributed by atoms with Crippen molar-refractivity contribution in [3.05, 3.63) is 30.6 Å². The van der Waals surface area contributed by atoms with Crippen molar-refractivity contribution < 1.29 is 4.42 Å². The number of hydrogen-bond donors (Lipinski definition) is 2. The lowest BCUT2D eigenvalue weighted by molar-refractivity contribution is 0.568. The van der Waals surface area contributed by atoms with E-state index in [-0.39, 0.29) is 0 Å². The lowest BCUT2D eigenvalue weighted by Gasteiger charge is -1.93. The highest BCUT2D eigenvalue weighted by molar-refractivity contribution is 5.56. The number of rotatable bonds is 4. The van der Waals surface area contributed by atoms with Gasteiger partial charge in [0.25, 0.3) is 0 Å². The Labute approximate surface area is 82.1 Å². The van der Waals surface area contributed by atoms with Crippen molar-refractivity contribution in [3.8, 4) is 11.3 Å². The van der Waals surface area contributed by atoms with Gasteiger partial charge in [-0.25, -0.2) is 4.98 Å². The zero-order valence-electron chi connectivity index (χ0n) is 7.86. The molecule has 14 heavy (non-hydrogen) atoms. The predicted octanol–water partition coefficient (Wildman–Crippen LogP) is 1.56. The third-order valence-corrected chi connectivity index (χ3v) is 2.08. The van der Waals surface area contributed by atoms with Crippen LogP contribution in [0.15, 0.2) is 29.2 Å². The van der Waals surface area contributed by atoms with Gasteiger partial charge in [-0.05, 0) is 19.0 Å². The molecule has 2 heterocycles. The van der Waals surface area contributed by atoms with Crippen molar-refractivity contribution in [2.24, 2.45) is 5.73 Å². The molecular weight excluding hydrogens is 178 g/mol. The molecule has 74 valence electrons. The molecule has 2 aromatic rings. The second-order valence-corrected chi connectivity index (χ2v) is 3.15. The third kappa shape index (κ3) is 1.85. The molecule has 0 aliphatic rings. The molecule has 0 fully saturated rings. The van der Waals surface area contributed by atoms with E-state index in [1.165, 1.54) is 0 Å². The van der Waals surface area contributed by atoms with Crippen LogP contribution in [0.1, 0.15) is 12.2 Å². The van der Waals surface area contributed by atoms with Crippen molar-refractivity contribution >= 4 is 0 Å². The van der Waals surface area contributed by atoms with Gasteiger partial charge in [-0.3, -0.25) is 0 Å². The van der Waals surface area contributed by atoms with E-state index in [1.54, 1.807) is 12.5 Å². The quantitative estimate of drug-likeness (QED) is 0.770. The molecule has 0 radical (unpaired) electrons. The zero-order chi connectivity index (χ0) is 9.80. The maximum Gasteiger partial charge on any atom is 0.106 e. The Hall–Kier alpha value is -1.55. The normalized spacial score (nSPS) is 10.6. The van der Waals surface area contributed by atoms with E-state index in [1.807, 2.05) is 12.3 Å². The minimum Gasteiger partial charge on any atom is -0.472 e. The van der Waals surface area contributed by atoms with E-state index in [0.717, 1.165) is 29.9 Å². The molecule has 0 atom stereocenters. The molecule has 0 amide bonds. The SMILES string of the molecule is NCCCc1ncc(-c2ccoc2)[nH]1. The Morgan fingerprint density at radius 1 is 1.50 bits per heavy atom. The summed E-state index contributed by atoms with van der Waals surface area (Å²) in [7, 11) is 0. The lowest BCUT2D eigenvalue weighted by atomic mass is 10.3. The fourth-order valence-electron chi connectivity index (χ4n) is 1.32. The smallest absolute Gasteiger partial charge is 0.106 e. The monoisotopic (exact) mass is 191 g/mol. The van der Waals surface area contributed by atoms with Gasteiger partial charge in [0.2, 0.25) is 0 Å². The highest BCUT2D eigenvalue weighted by Crippen LogP contribution is 2.17. The number of nitrogens with one attached hydrogen (secondary N) is 1. The fourth-order valence-corrected chi connectivity index (χ4v) is 1.32. The van der Waals surface area contributed by atoms with Crippen molar-refractivity contribution in [1.29, 1.82) is 0 Å². The summed E-state index contributed by atoms with van der Waals surface area (Å²) in [6.07, 6.45) is 7.01. The molecule has 0 saturated carbocycles. The Kier molecular flexibility index (Phi) is 2.65. The van der Waals surface area contributed by atoms with Crippen LogP contribution in [0, 0.1) is 0 Å². The second-order valence-electron chi connectivity index (χ2n) is 3.15. The van der Waals surface area contributed by atoms with Gasteiger partial charge < -0.3 is 15.1 Å². The molecule has 0 unspecified atom stereocenters. The van der Waals surface area contributed by atoms with E-state index >= 15 is 0 Å². The Morgan fingerprint density at radius 3 is 3.14 bits per heavy atom. The summed E-state index contributed by atoms with van der Waals surface area (Å²) in [6.45, 7) is 0.696. The number of hydrogen-bond acceptors (Lipinski definition) is 3. The average Bonchev–Trinajstić information content (AvgIpc) is 2.85. The number of imidazole rings is 1. The first-order chi connectivity index (χ1) is 6.90. The van der Waals surface area contributed by atoms with Crippen LogP contribution < -0.4 is 5.73 Å². The van der Waals surface area contributed by atoms with E-state index in [4.69, 9.17) is 10.2 Å². The first kappa shape index (κ1) is 9.02. The molecule has 4 heteroatoms. The van der Waals surface area contributed by atoms with E-state index in [2.05, 4.69) is 9.97 Å². The van der Waals surface area contributed by atoms with Crippen LogP contribution in [-0.4, -0.2) is 16.5 Å². The maximum atomic E-state index is 5.42. The van der Waals surface area contributed by atoms with Crippen molar-refractivity contribution in [3.63, 3.8) is 0 Å². The Balaban J connectivity index is 2.10. The number of aromatic nitrogens is 2. The van der Waals surface area contributed by atoms with Crippen LogP contribution in [0.5, 0.6) is 0 Å². The molecular formula is C10H13N3O. The van der Waals surface area contributed by atoms with Gasteiger partial charge in [-0.15, -0.1) is 0 Å². The summed E-state index contributed by atoms with van der Waals surface area (Å²) >= 11 is 0. The van der Waals surface area contributed by atoms with Crippen LogP contribution >= 0.6 is 0 Å². The number of aryl methyl sites for hydroxylation is 1. The standard InChI is InChI=1S/C10H13N3O/c11-4-1-2-10-12-6-9(13-10)8-3-5-14-7-8/h3,5-7H,1-2,4,11H2,(H,12,13). The van der Waals surface area contributed by atoms with E-state index in [9.17, 15) is 0 Å². The molecule has 0 spiro atoms. The molecule has 3 N–H and O–H groups in total. The van der Waals surface area contributed by atoms with Crippen LogP contribution in [0.25, 0.3) is 11.3 Å². The molecule has 2 aromatic heterocycles. The largest absolute Gasteiger partial charge is 0.472 e. The number of nitrogens with two attached hydrogens (primary N) is 1. The van der Waals surface area contributed by atoms with Gasteiger partial charge in [-0.2, -0.15) is 0 Å². The maximum absolute atomic E-state index is 5.42. The first-order valence-electron chi connectivity index (χ1n) is 4.66. The Bertz CT molecular complexity index is 378. The zero-order valence-corrected chi connectivity index (χ0v) is 7.86. The van der Waals surface area contributed by atoms with Crippen LogP contribution in [-0.2, 0) is 6.42 Å². The highest BCUT2D eigenvalue weighted by atomic mass is 16.3. The minimum absolute atomic E-state index is 0.696. The number of nitrogens with zero attached hydrogens (tertiary/aromatic N) is 1. The van der Waals surface area contributed by atoms with E-state index in [0.29, 0.717) is 6.54 Å². The highest BCUT2D eigenvalue weighted by Gasteiger charge is 2.03. The number of furan rings is 1. The summed E-state index contributed by atoms with van der Waals surface area (Å²) < 4.78 is 4.99. The Morgan fingerprint density at radius 2 is 2.43 bits per heavy atom. The van der Waals surface area contributed by atoms with Gasteiger partial charge in [-0.1, -0.05) is 0 Å². The summed E-state index contributed by atoms with van der Waals surface area (Å²) in [5.41, 5.74) is 7.44. The second kappa shape index (κ2) is 4.11. The minimum atomic E-state index is 0.696. The van der Waals surface area contributed by atoms with Gasteiger partial charge in [0.1, 0.15) is 5.82 Å². The molecule has 0 bridgehead atoms.